The van der Waals surface area contributed by atoms with E-state index in [-0.39, 0.29) is 35.7 Å². The lowest BCUT2D eigenvalue weighted by Gasteiger charge is -2.34. The number of halogens is 4. The number of hydrogen-bond acceptors (Lipinski definition) is 10. The number of amides is 1. The number of rotatable bonds is 11. The second-order valence-corrected chi connectivity index (χ2v) is 9.94. The third-order valence-corrected chi connectivity index (χ3v) is 6.52. The summed E-state index contributed by atoms with van der Waals surface area (Å²) in [6, 6.07) is 4.70. The standard InChI is InChI=1S/C24H24ClF3N10O4/c1-13(9-37-12-31-35-36-37)42-20-4-14(2-3-18(20)25)15-7-29-22(30-8-15)33-19-10-38(17-5-16(6-17)32-23(39)40)34-21(19)41-11-24(26,27)28/h2-4,7-8,10,12-13,16-17,32H,5-6,9,11H2,1H3,(H,39,40)(H,29,30,33)/t13?,16-,17-. The monoisotopic (exact) mass is 608 g/mol. The zero-order valence-electron chi connectivity index (χ0n) is 21.9. The van der Waals surface area contributed by atoms with Gasteiger partial charge in [0.2, 0.25) is 5.95 Å². The van der Waals surface area contributed by atoms with Gasteiger partial charge in [0.05, 0.1) is 23.8 Å². The Balaban J connectivity index is 1.28. The summed E-state index contributed by atoms with van der Waals surface area (Å²) in [6.45, 7) is 0.712. The van der Waals surface area contributed by atoms with Gasteiger partial charge in [0, 0.05) is 24.0 Å². The molecular formula is C24H24ClF3N10O4. The van der Waals surface area contributed by atoms with Gasteiger partial charge in [0.15, 0.2) is 6.61 Å². The number of ether oxygens (including phenoxy) is 2. The second kappa shape index (κ2) is 12.1. The van der Waals surface area contributed by atoms with Crippen LogP contribution in [0.4, 0.5) is 29.6 Å². The van der Waals surface area contributed by atoms with E-state index in [4.69, 9.17) is 26.2 Å². The smallest absolute Gasteiger partial charge is 0.422 e. The minimum Gasteiger partial charge on any atom is -0.487 e. The Labute approximate surface area is 240 Å². The highest BCUT2D eigenvalue weighted by Crippen LogP contribution is 2.36. The van der Waals surface area contributed by atoms with E-state index < -0.39 is 18.9 Å². The number of alkyl halides is 3. The Morgan fingerprint density at radius 3 is 2.67 bits per heavy atom. The first kappa shape index (κ1) is 28.8. The van der Waals surface area contributed by atoms with Crippen molar-refractivity contribution < 1.29 is 32.5 Å². The number of nitrogens with zero attached hydrogens (tertiary/aromatic N) is 8. The van der Waals surface area contributed by atoms with Crippen molar-refractivity contribution in [1.29, 1.82) is 0 Å². The Bertz CT molecular complexity index is 1510. The average Bonchev–Trinajstić information content (AvgIpc) is 3.56. The van der Waals surface area contributed by atoms with E-state index >= 15 is 0 Å². The van der Waals surface area contributed by atoms with Gasteiger partial charge in [-0.3, -0.25) is 4.68 Å². The number of carbonyl (C=O) groups is 1. The van der Waals surface area contributed by atoms with E-state index in [2.05, 4.69) is 41.2 Å². The van der Waals surface area contributed by atoms with Crippen LogP contribution in [0.5, 0.6) is 11.6 Å². The maximum Gasteiger partial charge on any atom is 0.422 e. The molecule has 1 fully saturated rings. The third-order valence-electron chi connectivity index (χ3n) is 6.21. The highest BCUT2D eigenvalue weighted by molar-refractivity contribution is 6.32. The van der Waals surface area contributed by atoms with E-state index in [1.54, 1.807) is 18.2 Å². The lowest BCUT2D eigenvalue weighted by molar-refractivity contribution is -0.154. The van der Waals surface area contributed by atoms with Gasteiger partial charge in [-0.2, -0.15) is 13.2 Å². The molecule has 0 radical (unpaired) electrons. The number of tetrazole rings is 1. The zero-order chi connectivity index (χ0) is 29.9. The first-order valence-corrected chi connectivity index (χ1v) is 12.9. The van der Waals surface area contributed by atoms with E-state index in [9.17, 15) is 18.0 Å². The molecule has 1 amide bonds. The largest absolute Gasteiger partial charge is 0.487 e. The minimum absolute atomic E-state index is 0.0923. The first-order chi connectivity index (χ1) is 20.0. The number of carboxylic acid groups (broad SMARTS) is 1. The molecule has 4 aromatic rings. The van der Waals surface area contributed by atoms with Crippen molar-refractivity contribution in [3.05, 3.63) is 48.1 Å². The molecule has 0 aliphatic heterocycles. The molecule has 42 heavy (non-hydrogen) atoms. The molecule has 1 unspecified atom stereocenters. The number of benzene rings is 1. The number of hydrogen-bond donors (Lipinski definition) is 3. The molecule has 3 aromatic heterocycles. The Morgan fingerprint density at radius 1 is 1.24 bits per heavy atom. The molecule has 1 aromatic carbocycles. The lowest BCUT2D eigenvalue weighted by Crippen LogP contribution is -2.44. The summed E-state index contributed by atoms with van der Waals surface area (Å²) in [7, 11) is 0. The molecular weight excluding hydrogens is 585 g/mol. The highest BCUT2D eigenvalue weighted by Gasteiger charge is 2.34. The molecule has 0 bridgehead atoms. The second-order valence-electron chi connectivity index (χ2n) is 9.53. The molecule has 1 atom stereocenters. The van der Waals surface area contributed by atoms with Gasteiger partial charge in [0.1, 0.15) is 23.9 Å². The van der Waals surface area contributed by atoms with Crippen LogP contribution in [0.3, 0.4) is 0 Å². The van der Waals surface area contributed by atoms with Crippen molar-refractivity contribution in [2.24, 2.45) is 0 Å². The Hall–Kier alpha value is -4.67. The average molecular weight is 609 g/mol. The summed E-state index contributed by atoms with van der Waals surface area (Å²) in [4.78, 5) is 19.4. The Morgan fingerprint density at radius 2 is 2.00 bits per heavy atom. The van der Waals surface area contributed by atoms with Crippen LogP contribution in [0, 0.1) is 0 Å². The maximum absolute atomic E-state index is 12.8. The molecule has 222 valence electrons. The molecule has 1 aliphatic carbocycles. The van der Waals surface area contributed by atoms with Crippen molar-refractivity contribution >= 4 is 29.3 Å². The van der Waals surface area contributed by atoms with Crippen LogP contribution in [0.2, 0.25) is 5.02 Å². The summed E-state index contributed by atoms with van der Waals surface area (Å²) in [5.41, 5.74) is 1.47. The normalized spacial score (nSPS) is 17.3. The van der Waals surface area contributed by atoms with E-state index in [0.29, 0.717) is 41.3 Å². The molecule has 1 aliphatic rings. The summed E-state index contributed by atoms with van der Waals surface area (Å²) in [6.07, 6.45) is 0.864. The van der Waals surface area contributed by atoms with E-state index in [1.165, 1.54) is 34.3 Å². The topological polar surface area (TPSA) is 167 Å². The quantitative estimate of drug-likeness (QED) is 0.224. The number of nitrogens with one attached hydrogen (secondary N) is 2. The molecule has 3 heterocycles. The first-order valence-electron chi connectivity index (χ1n) is 12.6. The number of anilines is 2. The van der Waals surface area contributed by atoms with Gasteiger partial charge in [-0.1, -0.05) is 17.7 Å². The molecule has 3 N–H and O–H groups in total. The summed E-state index contributed by atoms with van der Waals surface area (Å²) in [5.74, 6) is 0.243. The van der Waals surface area contributed by atoms with Gasteiger partial charge < -0.3 is 25.2 Å². The predicted octanol–water partition coefficient (Wildman–Crippen LogP) is 4.10. The summed E-state index contributed by atoms with van der Waals surface area (Å²) >= 11 is 6.33. The fourth-order valence-electron chi connectivity index (χ4n) is 4.22. The molecule has 0 saturated heterocycles. The molecule has 5 rings (SSSR count). The fraction of sp³-hybridized carbons (Fsp3) is 0.375. The molecule has 1 saturated carbocycles. The van der Waals surface area contributed by atoms with Gasteiger partial charge in [-0.15, -0.1) is 10.2 Å². The fourth-order valence-corrected chi connectivity index (χ4v) is 4.38. The van der Waals surface area contributed by atoms with E-state index in [0.717, 1.165) is 0 Å². The van der Waals surface area contributed by atoms with Crippen LogP contribution >= 0.6 is 11.6 Å². The third kappa shape index (κ3) is 7.34. The van der Waals surface area contributed by atoms with Gasteiger partial charge in [-0.25, -0.2) is 19.4 Å². The molecule has 0 spiro atoms. The van der Waals surface area contributed by atoms with Crippen LogP contribution in [0.25, 0.3) is 11.1 Å². The van der Waals surface area contributed by atoms with E-state index in [1.807, 2.05) is 6.92 Å². The van der Waals surface area contributed by atoms with Crippen molar-refractivity contribution in [3.8, 4) is 22.8 Å². The zero-order valence-corrected chi connectivity index (χ0v) is 22.6. The Kier molecular flexibility index (Phi) is 8.28. The van der Waals surface area contributed by atoms with Crippen molar-refractivity contribution in [2.45, 2.75) is 50.7 Å². The van der Waals surface area contributed by atoms with Crippen LogP contribution < -0.4 is 20.1 Å². The summed E-state index contributed by atoms with van der Waals surface area (Å²) in [5, 5.41) is 29.6. The molecule has 14 nitrogen and oxygen atoms in total. The maximum atomic E-state index is 12.8. The number of aromatic nitrogens is 8. The van der Waals surface area contributed by atoms with Crippen LogP contribution in [-0.2, 0) is 6.54 Å². The summed E-state index contributed by atoms with van der Waals surface area (Å²) < 4.78 is 52.4. The van der Waals surface area contributed by atoms with Crippen LogP contribution in [0.1, 0.15) is 25.8 Å². The lowest BCUT2D eigenvalue weighted by atomic mass is 9.87. The SMILES string of the molecule is CC(Cn1cnnn1)Oc1cc(-c2cnc(Nc3cn([C@H]4C[C@H](NC(=O)O)C4)nc3OCC(F)(F)F)nc2)ccc1Cl. The molecule has 18 heteroatoms. The van der Waals surface area contributed by atoms with Crippen molar-refractivity contribution in [2.75, 3.05) is 11.9 Å². The van der Waals surface area contributed by atoms with Crippen LogP contribution in [0.15, 0.2) is 43.1 Å². The van der Waals surface area contributed by atoms with Crippen molar-refractivity contribution in [3.63, 3.8) is 0 Å². The minimum atomic E-state index is -4.57. The highest BCUT2D eigenvalue weighted by atomic mass is 35.5. The van der Waals surface area contributed by atoms with Gasteiger partial charge in [-0.05, 0) is 47.9 Å². The van der Waals surface area contributed by atoms with Crippen molar-refractivity contribution in [1.82, 2.24) is 45.3 Å². The van der Waals surface area contributed by atoms with Gasteiger partial charge >= 0.3 is 12.3 Å². The van der Waals surface area contributed by atoms with Crippen LogP contribution in [-0.4, -0.2) is 76.1 Å². The predicted molar refractivity (Wildman–Crippen MR) is 141 cm³/mol. The van der Waals surface area contributed by atoms with Gasteiger partial charge in [0.25, 0.3) is 5.88 Å².